The second-order valence-electron chi connectivity index (χ2n) is 9.12. The Hall–Kier alpha value is -1.32. The van der Waals surface area contributed by atoms with E-state index < -0.39 is 0 Å². The predicted octanol–water partition coefficient (Wildman–Crippen LogP) is 2.74. The van der Waals surface area contributed by atoms with Crippen molar-refractivity contribution in [2.75, 3.05) is 7.05 Å². The van der Waals surface area contributed by atoms with Gasteiger partial charge in [0.05, 0.1) is 0 Å². The molecule has 1 aliphatic heterocycles. The van der Waals surface area contributed by atoms with E-state index in [1.807, 2.05) is 11.9 Å². The highest BCUT2D eigenvalue weighted by Crippen LogP contribution is 2.63. The van der Waals surface area contributed by atoms with E-state index in [-0.39, 0.29) is 16.7 Å². The van der Waals surface area contributed by atoms with Crippen LogP contribution in [0.1, 0.15) is 52.4 Å². The average Bonchev–Trinajstić information content (AvgIpc) is 2.92. The van der Waals surface area contributed by atoms with Crippen molar-refractivity contribution in [2.45, 2.75) is 64.5 Å². The molecule has 7 atom stereocenters. The van der Waals surface area contributed by atoms with Gasteiger partial charge in [0.15, 0.2) is 0 Å². The van der Waals surface area contributed by atoms with Gasteiger partial charge >= 0.3 is 0 Å². The fraction of sp³-hybridized carbons (Fsp3) is 0.800. The molecule has 0 aromatic heterocycles. The largest absolute Gasteiger partial charge is 0.349 e. The third kappa shape index (κ3) is 2.04. The van der Waals surface area contributed by atoms with Crippen molar-refractivity contribution in [3.8, 4) is 0 Å². The molecule has 3 fully saturated rings. The van der Waals surface area contributed by atoms with Gasteiger partial charge in [0, 0.05) is 24.5 Å². The van der Waals surface area contributed by atoms with E-state index in [1.54, 1.807) is 6.08 Å². The Morgan fingerprint density at radius 2 is 1.96 bits per heavy atom. The SMILES string of the molecule is CN(C=O)[C@H]1CC[C@H]2[C@@H]3CC[C@H]4NC(=O)C=C[C@]4(C)[C@H]3CC[C@]12C. The summed E-state index contributed by atoms with van der Waals surface area (Å²) in [7, 11) is 1.95. The van der Waals surface area contributed by atoms with Crippen molar-refractivity contribution < 1.29 is 9.59 Å². The van der Waals surface area contributed by atoms with E-state index in [1.165, 1.54) is 25.7 Å². The van der Waals surface area contributed by atoms with Gasteiger partial charge in [-0.3, -0.25) is 9.59 Å². The zero-order chi connectivity index (χ0) is 17.1. The molecule has 0 aromatic rings. The van der Waals surface area contributed by atoms with Gasteiger partial charge in [-0.1, -0.05) is 19.9 Å². The van der Waals surface area contributed by atoms with E-state index >= 15 is 0 Å². The van der Waals surface area contributed by atoms with Crippen LogP contribution in [-0.4, -0.2) is 36.3 Å². The first-order chi connectivity index (χ1) is 11.4. The minimum atomic E-state index is 0.0742. The van der Waals surface area contributed by atoms with E-state index in [0.29, 0.717) is 23.9 Å². The highest BCUT2D eigenvalue weighted by Gasteiger charge is 2.60. The van der Waals surface area contributed by atoms with Crippen LogP contribution in [0.4, 0.5) is 0 Å². The summed E-state index contributed by atoms with van der Waals surface area (Å²) in [6.45, 7) is 4.79. The van der Waals surface area contributed by atoms with Crippen molar-refractivity contribution in [1.82, 2.24) is 10.2 Å². The lowest BCUT2D eigenvalue weighted by molar-refractivity contribution is -0.125. The number of hydrogen-bond acceptors (Lipinski definition) is 2. The smallest absolute Gasteiger partial charge is 0.243 e. The van der Waals surface area contributed by atoms with Gasteiger partial charge in [0.1, 0.15) is 0 Å². The van der Waals surface area contributed by atoms with Gasteiger partial charge < -0.3 is 10.2 Å². The standard InChI is InChI=1S/C20H30N2O2/c1-19-11-9-18(24)21-16(19)6-4-13-14-5-7-17(22(3)12-23)20(14,2)10-8-15(13)19/h9,11-17H,4-8,10H2,1-3H3,(H,21,24)/t13-,14-,15-,16+,17-,19+,20-/m0/s1. The lowest BCUT2D eigenvalue weighted by Gasteiger charge is -2.59. The average molecular weight is 330 g/mol. The summed E-state index contributed by atoms with van der Waals surface area (Å²) in [4.78, 5) is 25.0. The number of nitrogens with zero attached hydrogens (tertiary/aromatic N) is 1. The van der Waals surface area contributed by atoms with Gasteiger partial charge in [-0.05, 0) is 67.8 Å². The molecule has 24 heavy (non-hydrogen) atoms. The first-order valence-electron chi connectivity index (χ1n) is 9.57. The van der Waals surface area contributed by atoms with Crippen molar-refractivity contribution in [1.29, 1.82) is 0 Å². The lowest BCUT2D eigenvalue weighted by Crippen LogP contribution is -2.60. The number of amides is 2. The summed E-state index contributed by atoms with van der Waals surface area (Å²) in [6.07, 6.45) is 12.1. The Bertz CT molecular complexity index is 588. The van der Waals surface area contributed by atoms with Crippen LogP contribution >= 0.6 is 0 Å². The number of carbonyl (C=O) groups is 2. The number of fused-ring (bicyclic) bond motifs is 5. The molecular formula is C20H30N2O2. The van der Waals surface area contributed by atoms with E-state index in [0.717, 1.165) is 25.2 Å². The highest BCUT2D eigenvalue weighted by atomic mass is 16.1. The minimum absolute atomic E-state index is 0.0742. The van der Waals surface area contributed by atoms with Crippen LogP contribution in [0.5, 0.6) is 0 Å². The summed E-state index contributed by atoms with van der Waals surface area (Å²) < 4.78 is 0. The molecule has 1 heterocycles. The fourth-order valence-corrected chi connectivity index (χ4v) is 7.05. The molecule has 0 radical (unpaired) electrons. The molecule has 3 saturated carbocycles. The predicted molar refractivity (Wildman–Crippen MR) is 93.1 cm³/mol. The Balaban J connectivity index is 1.64. The molecule has 2 amide bonds. The Morgan fingerprint density at radius 1 is 1.17 bits per heavy atom. The molecule has 4 rings (SSSR count). The van der Waals surface area contributed by atoms with Crippen molar-refractivity contribution in [2.24, 2.45) is 28.6 Å². The minimum Gasteiger partial charge on any atom is -0.349 e. The number of rotatable bonds is 2. The number of carbonyl (C=O) groups excluding carboxylic acids is 2. The molecule has 0 unspecified atom stereocenters. The number of nitrogens with one attached hydrogen (secondary N) is 1. The molecule has 4 aliphatic rings. The van der Waals surface area contributed by atoms with Gasteiger partial charge in [0.2, 0.25) is 12.3 Å². The van der Waals surface area contributed by atoms with Crippen molar-refractivity contribution in [3.05, 3.63) is 12.2 Å². The molecule has 0 bridgehead atoms. The maximum atomic E-state index is 11.8. The van der Waals surface area contributed by atoms with Crippen LogP contribution < -0.4 is 5.32 Å². The van der Waals surface area contributed by atoms with Crippen LogP contribution in [0.3, 0.4) is 0 Å². The maximum absolute atomic E-state index is 11.8. The zero-order valence-electron chi connectivity index (χ0n) is 15.1. The highest BCUT2D eigenvalue weighted by molar-refractivity contribution is 5.89. The first kappa shape index (κ1) is 16.2. The quantitative estimate of drug-likeness (QED) is 0.792. The molecule has 1 N–H and O–H groups in total. The number of hydrogen-bond donors (Lipinski definition) is 1. The normalized spacial score (nSPS) is 49.6. The Labute approximate surface area is 145 Å². The summed E-state index contributed by atoms with van der Waals surface area (Å²) >= 11 is 0. The third-order valence-electron chi connectivity index (χ3n) is 8.29. The van der Waals surface area contributed by atoms with E-state index in [2.05, 4.69) is 25.2 Å². The van der Waals surface area contributed by atoms with Gasteiger partial charge in [-0.2, -0.15) is 0 Å². The summed E-state index contributed by atoms with van der Waals surface area (Å²) in [5.41, 5.74) is 0.370. The molecule has 132 valence electrons. The zero-order valence-corrected chi connectivity index (χ0v) is 15.1. The van der Waals surface area contributed by atoms with Crippen LogP contribution in [-0.2, 0) is 9.59 Å². The van der Waals surface area contributed by atoms with Gasteiger partial charge in [-0.15, -0.1) is 0 Å². The molecule has 4 heteroatoms. The van der Waals surface area contributed by atoms with Crippen molar-refractivity contribution >= 4 is 12.3 Å². The summed E-state index contributed by atoms with van der Waals surface area (Å²) in [6, 6.07) is 0.698. The molecule has 0 saturated heterocycles. The summed E-state index contributed by atoms with van der Waals surface area (Å²) in [5, 5.41) is 3.22. The van der Waals surface area contributed by atoms with Crippen LogP contribution in [0.2, 0.25) is 0 Å². The molecular weight excluding hydrogens is 300 g/mol. The Kier molecular flexibility index (Phi) is 3.59. The molecule has 3 aliphatic carbocycles. The van der Waals surface area contributed by atoms with Gasteiger partial charge in [-0.25, -0.2) is 0 Å². The Morgan fingerprint density at radius 3 is 2.71 bits per heavy atom. The van der Waals surface area contributed by atoms with E-state index in [4.69, 9.17) is 0 Å². The molecule has 0 spiro atoms. The van der Waals surface area contributed by atoms with Gasteiger partial charge in [0.25, 0.3) is 0 Å². The van der Waals surface area contributed by atoms with Crippen LogP contribution in [0.25, 0.3) is 0 Å². The topological polar surface area (TPSA) is 49.4 Å². The monoisotopic (exact) mass is 330 g/mol. The molecule has 4 nitrogen and oxygen atoms in total. The fourth-order valence-electron chi connectivity index (χ4n) is 7.05. The third-order valence-corrected chi connectivity index (χ3v) is 8.29. The summed E-state index contributed by atoms with van der Waals surface area (Å²) in [5.74, 6) is 2.18. The van der Waals surface area contributed by atoms with Crippen LogP contribution in [0, 0.1) is 28.6 Å². The first-order valence-corrected chi connectivity index (χ1v) is 9.57. The van der Waals surface area contributed by atoms with Crippen LogP contribution in [0.15, 0.2) is 12.2 Å². The van der Waals surface area contributed by atoms with E-state index in [9.17, 15) is 9.59 Å². The maximum Gasteiger partial charge on any atom is 0.243 e. The second-order valence-corrected chi connectivity index (χ2v) is 9.12. The molecule has 0 aromatic carbocycles. The van der Waals surface area contributed by atoms with Crippen molar-refractivity contribution in [3.63, 3.8) is 0 Å². The lowest BCUT2D eigenvalue weighted by atomic mass is 9.48. The second kappa shape index (κ2) is 5.34.